The normalized spacial score (nSPS) is 21.2. The monoisotopic (exact) mass is 247 g/mol. The van der Waals surface area contributed by atoms with Crippen molar-refractivity contribution in [2.24, 2.45) is 11.8 Å². The van der Waals surface area contributed by atoms with E-state index in [1.54, 1.807) is 24.5 Å². The van der Waals surface area contributed by atoms with E-state index in [0.29, 0.717) is 18.2 Å². The van der Waals surface area contributed by atoms with Gasteiger partial charge in [-0.2, -0.15) is 0 Å². The summed E-state index contributed by atoms with van der Waals surface area (Å²) in [6.45, 7) is 2.44. The molecule has 1 aromatic rings. The fraction of sp³-hybridized carbons (Fsp3) is 0.462. The van der Waals surface area contributed by atoms with Crippen LogP contribution >= 0.6 is 0 Å². The number of anilines is 1. The molecule has 2 atom stereocenters. The molecule has 18 heavy (non-hydrogen) atoms. The Labute approximate surface area is 106 Å². The molecule has 5 nitrogen and oxygen atoms in total. The van der Waals surface area contributed by atoms with Crippen LogP contribution in [0.5, 0.6) is 0 Å². The van der Waals surface area contributed by atoms with Gasteiger partial charge in [0.15, 0.2) is 0 Å². The second-order valence-electron chi connectivity index (χ2n) is 4.65. The Morgan fingerprint density at radius 2 is 2.28 bits per heavy atom. The third-order valence-electron chi connectivity index (χ3n) is 3.04. The molecule has 0 saturated heterocycles. The van der Waals surface area contributed by atoms with E-state index >= 15 is 0 Å². The van der Waals surface area contributed by atoms with E-state index in [1.807, 2.05) is 0 Å². The number of rotatable bonds is 5. The van der Waals surface area contributed by atoms with E-state index in [4.69, 9.17) is 0 Å². The third-order valence-corrected chi connectivity index (χ3v) is 3.04. The molecule has 0 aromatic carbocycles. The first-order valence-corrected chi connectivity index (χ1v) is 6.14. The highest BCUT2D eigenvalue weighted by Gasteiger charge is 2.38. The summed E-state index contributed by atoms with van der Waals surface area (Å²) in [6.07, 6.45) is 4.48. The molecule has 1 aromatic heterocycles. The van der Waals surface area contributed by atoms with Crippen LogP contribution in [-0.2, 0) is 9.59 Å². The van der Waals surface area contributed by atoms with Crippen molar-refractivity contribution in [2.75, 3.05) is 11.9 Å². The van der Waals surface area contributed by atoms with Crippen molar-refractivity contribution in [1.29, 1.82) is 0 Å². The number of nitrogens with zero attached hydrogens (tertiary/aromatic N) is 1. The summed E-state index contributed by atoms with van der Waals surface area (Å²) >= 11 is 0. The Balaban J connectivity index is 1.65. The molecule has 0 radical (unpaired) electrons. The molecular weight excluding hydrogens is 230 g/mol. The Kier molecular flexibility index (Phi) is 3.92. The maximum Gasteiger partial charge on any atom is 0.226 e. The summed E-state index contributed by atoms with van der Waals surface area (Å²) < 4.78 is 0. The maximum atomic E-state index is 11.6. The molecule has 1 aliphatic carbocycles. The van der Waals surface area contributed by atoms with E-state index in [1.165, 1.54) is 0 Å². The molecule has 1 heterocycles. The molecule has 0 unspecified atom stereocenters. The van der Waals surface area contributed by atoms with Crippen LogP contribution in [0.15, 0.2) is 24.5 Å². The van der Waals surface area contributed by atoms with E-state index < -0.39 is 0 Å². The molecule has 1 aliphatic rings. The molecule has 1 fully saturated rings. The molecule has 0 bridgehead atoms. The van der Waals surface area contributed by atoms with Gasteiger partial charge in [0.25, 0.3) is 0 Å². The van der Waals surface area contributed by atoms with Gasteiger partial charge in [-0.1, -0.05) is 6.92 Å². The van der Waals surface area contributed by atoms with Crippen molar-refractivity contribution in [3.63, 3.8) is 0 Å². The highest BCUT2D eigenvalue weighted by molar-refractivity contribution is 5.91. The van der Waals surface area contributed by atoms with Crippen molar-refractivity contribution in [1.82, 2.24) is 10.3 Å². The van der Waals surface area contributed by atoms with E-state index in [2.05, 4.69) is 22.5 Å². The fourth-order valence-corrected chi connectivity index (χ4v) is 1.78. The lowest BCUT2D eigenvalue weighted by Gasteiger charge is -2.06. The molecule has 2 amide bonds. The smallest absolute Gasteiger partial charge is 0.226 e. The predicted octanol–water partition coefficient (Wildman–Crippen LogP) is 1.18. The SMILES string of the molecule is C[C@@H]1C[C@@H]1C(=O)NCCC(=O)Nc1cccnc1. The summed E-state index contributed by atoms with van der Waals surface area (Å²) in [5.74, 6) is 0.601. The zero-order chi connectivity index (χ0) is 13.0. The Morgan fingerprint density at radius 3 is 2.89 bits per heavy atom. The summed E-state index contributed by atoms with van der Waals surface area (Å²) in [6, 6.07) is 3.53. The van der Waals surface area contributed by atoms with E-state index in [-0.39, 0.29) is 24.2 Å². The Bertz CT molecular complexity index is 433. The highest BCUT2D eigenvalue weighted by atomic mass is 16.2. The average Bonchev–Trinajstić information content (AvgIpc) is 3.07. The van der Waals surface area contributed by atoms with Crippen LogP contribution in [0.25, 0.3) is 0 Å². The van der Waals surface area contributed by atoms with Crippen LogP contribution in [0.2, 0.25) is 0 Å². The number of amides is 2. The zero-order valence-corrected chi connectivity index (χ0v) is 10.3. The van der Waals surface area contributed by atoms with Gasteiger partial charge in [-0.05, 0) is 24.5 Å². The molecule has 1 saturated carbocycles. The number of nitrogens with one attached hydrogen (secondary N) is 2. The summed E-state index contributed by atoms with van der Waals surface area (Å²) in [5, 5.41) is 5.49. The number of carbonyl (C=O) groups is 2. The van der Waals surface area contributed by atoms with Gasteiger partial charge in [0, 0.05) is 25.1 Å². The lowest BCUT2D eigenvalue weighted by atomic mass is 10.3. The van der Waals surface area contributed by atoms with E-state index in [9.17, 15) is 9.59 Å². The molecule has 2 rings (SSSR count). The first-order chi connectivity index (χ1) is 8.66. The van der Waals surface area contributed by atoms with Crippen LogP contribution in [0.3, 0.4) is 0 Å². The quantitative estimate of drug-likeness (QED) is 0.820. The van der Waals surface area contributed by atoms with Gasteiger partial charge in [0.2, 0.25) is 11.8 Å². The molecule has 96 valence electrons. The topological polar surface area (TPSA) is 71.1 Å². The minimum Gasteiger partial charge on any atom is -0.355 e. The summed E-state index contributed by atoms with van der Waals surface area (Å²) in [5.41, 5.74) is 0.671. The van der Waals surface area contributed by atoms with Gasteiger partial charge < -0.3 is 10.6 Å². The average molecular weight is 247 g/mol. The Hall–Kier alpha value is -1.91. The molecule has 0 spiro atoms. The minimum absolute atomic E-state index is 0.0664. The molecule has 0 aliphatic heterocycles. The van der Waals surface area contributed by atoms with Gasteiger partial charge in [-0.15, -0.1) is 0 Å². The Morgan fingerprint density at radius 1 is 1.50 bits per heavy atom. The van der Waals surface area contributed by atoms with Crippen molar-refractivity contribution in [3.05, 3.63) is 24.5 Å². The van der Waals surface area contributed by atoms with Gasteiger partial charge in [0.05, 0.1) is 11.9 Å². The number of hydrogen-bond donors (Lipinski definition) is 2. The van der Waals surface area contributed by atoms with Gasteiger partial charge in [0.1, 0.15) is 0 Å². The number of hydrogen-bond acceptors (Lipinski definition) is 3. The largest absolute Gasteiger partial charge is 0.355 e. The zero-order valence-electron chi connectivity index (χ0n) is 10.3. The fourth-order valence-electron chi connectivity index (χ4n) is 1.78. The summed E-state index contributed by atoms with van der Waals surface area (Å²) in [4.78, 5) is 27.0. The third kappa shape index (κ3) is 3.55. The van der Waals surface area contributed by atoms with Crippen LogP contribution in [0.4, 0.5) is 5.69 Å². The van der Waals surface area contributed by atoms with Crippen LogP contribution in [-0.4, -0.2) is 23.3 Å². The molecular formula is C13H17N3O2. The van der Waals surface area contributed by atoms with Crippen LogP contribution < -0.4 is 10.6 Å². The highest BCUT2D eigenvalue weighted by Crippen LogP contribution is 2.37. The molecule has 2 N–H and O–H groups in total. The first-order valence-electron chi connectivity index (χ1n) is 6.14. The minimum atomic E-state index is -0.118. The second-order valence-corrected chi connectivity index (χ2v) is 4.65. The van der Waals surface area contributed by atoms with E-state index in [0.717, 1.165) is 6.42 Å². The van der Waals surface area contributed by atoms with Gasteiger partial charge in [-0.25, -0.2) is 0 Å². The predicted molar refractivity (Wildman–Crippen MR) is 67.8 cm³/mol. The van der Waals surface area contributed by atoms with Crippen molar-refractivity contribution < 1.29 is 9.59 Å². The number of carbonyl (C=O) groups excluding carboxylic acids is 2. The van der Waals surface area contributed by atoms with Crippen LogP contribution in [0, 0.1) is 11.8 Å². The number of aromatic nitrogens is 1. The van der Waals surface area contributed by atoms with Crippen molar-refractivity contribution in [3.8, 4) is 0 Å². The van der Waals surface area contributed by atoms with Crippen molar-refractivity contribution in [2.45, 2.75) is 19.8 Å². The standard InChI is InChI=1S/C13H17N3O2/c1-9-7-11(9)13(18)15-6-4-12(17)16-10-3-2-5-14-8-10/h2-3,5,8-9,11H,4,6-7H2,1H3,(H,15,18)(H,16,17)/t9-,11+/m1/s1. The lowest BCUT2D eigenvalue weighted by molar-refractivity contribution is -0.122. The van der Waals surface area contributed by atoms with Gasteiger partial charge >= 0.3 is 0 Å². The van der Waals surface area contributed by atoms with Crippen molar-refractivity contribution >= 4 is 17.5 Å². The second kappa shape index (κ2) is 5.62. The summed E-state index contributed by atoms with van der Waals surface area (Å²) in [7, 11) is 0. The molecule has 5 heteroatoms. The first kappa shape index (κ1) is 12.5. The maximum absolute atomic E-state index is 11.6. The van der Waals surface area contributed by atoms with Gasteiger partial charge in [-0.3, -0.25) is 14.6 Å². The number of pyridine rings is 1. The van der Waals surface area contributed by atoms with Crippen LogP contribution in [0.1, 0.15) is 19.8 Å². The lowest BCUT2D eigenvalue weighted by Crippen LogP contribution is -2.29.